The van der Waals surface area contributed by atoms with Crippen molar-refractivity contribution in [2.24, 2.45) is 0 Å². The maximum atomic E-state index is 5.97. The monoisotopic (exact) mass is 272 g/mol. The minimum atomic E-state index is 0.575. The van der Waals surface area contributed by atoms with Crippen molar-refractivity contribution in [1.82, 2.24) is 0 Å². The van der Waals surface area contributed by atoms with Gasteiger partial charge in [0.05, 0.1) is 27.3 Å². The quantitative estimate of drug-likeness (QED) is 0.760. The molecular formula is C14H23ClNO2+. The van der Waals surface area contributed by atoms with E-state index in [4.69, 9.17) is 21.1 Å². The highest BCUT2D eigenvalue weighted by atomic mass is 35.5. The van der Waals surface area contributed by atoms with Crippen molar-refractivity contribution >= 4 is 11.6 Å². The van der Waals surface area contributed by atoms with Gasteiger partial charge in [-0.1, -0.05) is 11.6 Å². The Bertz CT molecular complexity index is 357. The van der Waals surface area contributed by atoms with Crippen LogP contribution in [0.15, 0.2) is 12.1 Å². The van der Waals surface area contributed by atoms with Gasteiger partial charge in [0.2, 0.25) is 0 Å². The summed E-state index contributed by atoms with van der Waals surface area (Å²) in [4.78, 5) is 1.39. The summed E-state index contributed by atoms with van der Waals surface area (Å²) in [6.45, 7) is 6.99. The smallest absolute Gasteiger partial charge is 0.125 e. The fourth-order valence-electron chi connectivity index (χ4n) is 1.71. The van der Waals surface area contributed by atoms with Crippen LogP contribution in [0, 0.1) is 13.8 Å². The number of aryl methyl sites for hydroxylation is 2. The van der Waals surface area contributed by atoms with Crippen molar-refractivity contribution in [2.45, 2.75) is 13.8 Å². The van der Waals surface area contributed by atoms with Crippen LogP contribution in [0.25, 0.3) is 0 Å². The lowest BCUT2D eigenvalue weighted by Crippen LogP contribution is -3.06. The predicted molar refractivity (Wildman–Crippen MR) is 74.9 cm³/mol. The van der Waals surface area contributed by atoms with E-state index in [-0.39, 0.29) is 0 Å². The molecule has 1 aromatic rings. The van der Waals surface area contributed by atoms with Crippen molar-refractivity contribution < 1.29 is 14.4 Å². The maximum absolute atomic E-state index is 5.97. The van der Waals surface area contributed by atoms with Crippen LogP contribution in [0.3, 0.4) is 0 Å². The maximum Gasteiger partial charge on any atom is 0.125 e. The van der Waals surface area contributed by atoms with E-state index in [9.17, 15) is 0 Å². The van der Waals surface area contributed by atoms with Crippen molar-refractivity contribution in [3.05, 3.63) is 28.3 Å². The van der Waals surface area contributed by atoms with Crippen LogP contribution in [-0.4, -0.2) is 40.5 Å². The molecule has 0 atom stereocenters. The zero-order chi connectivity index (χ0) is 13.5. The summed E-state index contributed by atoms with van der Waals surface area (Å²) >= 11 is 5.97. The lowest BCUT2D eigenvalue weighted by molar-refractivity contribution is -0.858. The number of halogens is 1. The molecule has 1 rings (SSSR count). The van der Waals surface area contributed by atoms with Gasteiger partial charge >= 0.3 is 0 Å². The molecule has 3 nitrogen and oxygen atoms in total. The second-order valence-electron chi connectivity index (χ2n) is 4.79. The first-order valence-corrected chi connectivity index (χ1v) is 6.65. The molecule has 0 saturated heterocycles. The SMILES string of the molecule is Cc1cc(Cl)cc(C)c1OCCOCC[NH+](C)C. The van der Waals surface area contributed by atoms with Crippen LogP contribution in [0.5, 0.6) is 5.75 Å². The largest absolute Gasteiger partial charge is 0.491 e. The van der Waals surface area contributed by atoms with Crippen molar-refractivity contribution in [3.8, 4) is 5.75 Å². The minimum Gasteiger partial charge on any atom is -0.491 e. The molecule has 0 bridgehead atoms. The van der Waals surface area contributed by atoms with Crippen molar-refractivity contribution in [3.63, 3.8) is 0 Å². The van der Waals surface area contributed by atoms with E-state index in [1.165, 1.54) is 4.90 Å². The Labute approximate surface area is 115 Å². The van der Waals surface area contributed by atoms with Gasteiger partial charge in [0.1, 0.15) is 18.9 Å². The summed E-state index contributed by atoms with van der Waals surface area (Å²) in [5.41, 5.74) is 2.13. The Hall–Kier alpha value is -0.770. The van der Waals surface area contributed by atoms with Gasteiger partial charge in [-0.3, -0.25) is 0 Å². The molecule has 18 heavy (non-hydrogen) atoms. The minimum absolute atomic E-state index is 0.575. The molecule has 0 heterocycles. The first-order chi connectivity index (χ1) is 8.50. The molecule has 0 aliphatic carbocycles. The summed E-state index contributed by atoms with van der Waals surface area (Å²) in [6, 6.07) is 3.83. The second-order valence-corrected chi connectivity index (χ2v) is 5.22. The fraction of sp³-hybridized carbons (Fsp3) is 0.571. The zero-order valence-corrected chi connectivity index (χ0v) is 12.4. The van der Waals surface area contributed by atoms with E-state index in [1.807, 2.05) is 26.0 Å². The lowest BCUT2D eigenvalue weighted by Gasteiger charge is -2.13. The highest BCUT2D eigenvalue weighted by Gasteiger charge is 2.05. The number of nitrogens with one attached hydrogen (secondary N) is 1. The van der Waals surface area contributed by atoms with Crippen LogP contribution in [0.1, 0.15) is 11.1 Å². The molecule has 0 aromatic heterocycles. The Morgan fingerprint density at radius 3 is 2.22 bits per heavy atom. The third-order valence-corrected chi connectivity index (χ3v) is 2.86. The Kier molecular flexibility index (Phi) is 6.47. The van der Waals surface area contributed by atoms with E-state index in [0.717, 1.165) is 35.1 Å². The van der Waals surface area contributed by atoms with Gasteiger partial charge in [0.15, 0.2) is 0 Å². The molecule has 0 spiro atoms. The molecule has 1 aromatic carbocycles. The lowest BCUT2D eigenvalue weighted by atomic mass is 10.1. The number of hydrogen-bond acceptors (Lipinski definition) is 2. The summed E-state index contributed by atoms with van der Waals surface area (Å²) in [5, 5.41) is 0.752. The molecule has 0 saturated carbocycles. The third-order valence-electron chi connectivity index (χ3n) is 2.65. The topological polar surface area (TPSA) is 22.9 Å². The summed E-state index contributed by atoms with van der Waals surface area (Å²) in [6.07, 6.45) is 0. The average Bonchev–Trinajstić information content (AvgIpc) is 2.25. The molecule has 1 N–H and O–H groups in total. The molecule has 0 radical (unpaired) electrons. The molecule has 0 unspecified atom stereocenters. The van der Waals surface area contributed by atoms with Gasteiger partial charge in [-0.25, -0.2) is 0 Å². The fourth-order valence-corrected chi connectivity index (χ4v) is 2.03. The number of benzene rings is 1. The summed E-state index contributed by atoms with van der Waals surface area (Å²) < 4.78 is 11.2. The van der Waals surface area contributed by atoms with Gasteiger partial charge in [-0.15, -0.1) is 0 Å². The van der Waals surface area contributed by atoms with E-state index in [2.05, 4.69) is 14.1 Å². The first-order valence-electron chi connectivity index (χ1n) is 6.27. The van der Waals surface area contributed by atoms with E-state index < -0.39 is 0 Å². The zero-order valence-electron chi connectivity index (χ0n) is 11.7. The van der Waals surface area contributed by atoms with Crippen LogP contribution in [0.4, 0.5) is 0 Å². The number of ether oxygens (including phenoxy) is 2. The normalized spacial score (nSPS) is 11.0. The average molecular weight is 273 g/mol. The Morgan fingerprint density at radius 1 is 1.06 bits per heavy atom. The second kappa shape index (κ2) is 7.62. The van der Waals surface area contributed by atoms with Gasteiger partial charge in [0.25, 0.3) is 0 Å². The van der Waals surface area contributed by atoms with E-state index in [0.29, 0.717) is 13.2 Å². The molecule has 0 aliphatic rings. The highest BCUT2D eigenvalue weighted by molar-refractivity contribution is 6.30. The van der Waals surface area contributed by atoms with Crippen LogP contribution >= 0.6 is 11.6 Å². The predicted octanol–water partition coefficient (Wildman–Crippen LogP) is 1.50. The molecule has 0 amide bonds. The molecule has 4 heteroatoms. The molecular weight excluding hydrogens is 250 g/mol. The number of quaternary nitrogens is 1. The Balaban J connectivity index is 2.31. The van der Waals surface area contributed by atoms with Gasteiger partial charge in [-0.05, 0) is 37.1 Å². The standard InChI is InChI=1S/C14H22ClNO2/c1-11-9-13(15)10-12(2)14(11)18-8-7-17-6-5-16(3)4/h9-10H,5-8H2,1-4H3/p+1. The van der Waals surface area contributed by atoms with Gasteiger partial charge < -0.3 is 14.4 Å². The summed E-state index contributed by atoms with van der Waals surface area (Å²) in [7, 11) is 4.22. The van der Waals surface area contributed by atoms with Crippen LogP contribution in [0.2, 0.25) is 5.02 Å². The molecule has 0 fully saturated rings. The number of likely N-dealkylation sites (N-methyl/N-ethyl adjacent to an activating group) is 1. The van der Waals surface area contributed by atoms with Crippen molar-refractivity contribution in [1.29, 1.82) is 0 Å². The first kappa shape index (κ1) is 15.3. The number of rotatable bonds is 7. The third kappa shape index (κ3) is 5.25. The van der Waals surface area contributed by atoms with E-state index in [1.54, 1.807) is 0 Å². The van der Waals surface area contributed by atoms with Crippen molar-refractivity contribution in [2.75, 3.05) is 40.5 Å². The Morgan fingerprint density at radius 2 is 1.67 bits per heavy atom. The van der Waals surface area contributed by atoms with Gasteiger partial charge in [-0.2, -0.15) is 0 Å². The highest BCUT2D eigenvalue weighted by Crippen LogP contribution is 2.26. The van der Waals surface area contributed by atoms with Gasteiger partial charge in [0, 0.05) is 5.02 Å². The van der Waals surface area contributed by atoms with E-state index >= 15 is 0 Å². The van der Waals surface area contributed by atoms with Crippen LogP contribution in [-0.2, 0) is 4.74 Å². The molecule has 102 valence electrons. The molecule has 0 aliphatic heterocycles. The van der Waals surface area contributed by atoms with Crippen LogP contribution < -0.4 is 9.64 Å². The summed E-state index contributed by atoms with van der Waals surface area (Å²) in [5.74, 6) is 0.918. The number of hydrogen-bond donors (Lipinski definition) is 1.